The monoisotopic (exact) mass is 181 g/mol. The van der Waals surface area contributed by atoms with E-state index in [1.54, 1.807) is 25.4 Å². The van der Waals surface area contributed by atoms with Crippen LogP contribution in [0.25, 0.3) is 0 Å². The van der Waals surface area contributed by atoms with Crippen molar-refractivity contribution in [3.63, 3.8) is 0 Å². The van der Waals surface area contributed by atoms with E-state index in [9.17, 15) is 4.79 Å². The minimum absolute atomic E-state index is 0.223. The first kappa shape index (κ1) is 9.63. The second kappa shape index (κ2) is 4.54. The summed E-state index contributed by atoms with van der Waals surface area (Å²) in [5.41, 5.74) is 1.17. The highest BCUT2D eigenvalue weighted by Crippen LogP contribution is 2.02. The Balaban J connectivity index is 2.85. The molecule has 1 heterocycles. The average molecular weight is 181 g/mol. The first-order valence-electron chi connectivity index (χ1n) is 3.76. The average Bonchev–Trinajstić information content (AvgIpc) is 2.18. The van der Waals surface area contributed by atoms with E-state index >= 15 is 0 Å². The predicted molar refractivity (Wildman–Crippen MR) is 46.6 cm³/mol. The van der Waals surface area contributed by atoms with Crippen LogP contribution in [0.4, 0.5) is 0 Å². The van der Waals surface area contributed by atoms with Crippen molar-refractivity contribution in [2.45, 2.75) is 6.61 Å². The van der Waals surface area contributed by atoms with Gasteiger partial charge in [-0.2, -0.15) is 0 Å². The van der Waals surface area contributed by atoms with Crippen LogP contribution in [-0.2, 0) is 11.4 Å². The second-order valence-electron chi connectivity index (χ2n) is 2.44. The van der Waals surface area contributed by atoms with Crippen molar-refractivity contribution in [1.29, 1.82) is 0 Å². The zero-order valence-corrected chi connectivity index (χ0v) is 7.28. The largest absolute Gasteiger partial charge is 0.354 e. The topological polar surface area (TPSA) is 77.2 Å². The van der Waals surface area contributed by atoms with Crippen molar-refractivity contribution in [3.8, 4) is 0 Å². The molecule has 0 fully saturated rings. The van der Waals surface area contributed by atoms with E-state index in [0.29, 0.717) is 5.69 Å². The van der Waals surface area contributed by atoms with Crippen LogP contribution in [-0.4, -0.2) is 17.9 Å². The standard InChI is InChI=1S/C8H11N3O2/c1-10-8(12)7-4-6(5-13-9)2-3-11-7/h2-4H,5,9H2,1H3,(H,10,12). The summed E-state index contributed by atoms with van der Waals surface area (Å²) in [5.74, 6) is 4.67. The molecule has 1 rings (SSSR count). The molecular weight excluding hydrogens is 170 g/mol. The molecule has 0 aliphatic rings. The molecule has 70 valence electrons. The van der Waals surface area contributed by atoms with Crippen LogP contribution >= 0.6 is 0 Å². The molecule has 1 aromatic heterocycles. The highest BCUT2D eigenvalue weighted by molar-refractivity contribution is 5.92. The molecule has 0 radical (unpaired) electrons. The van der Waals surface area contributed by atoms with Crippen molar-refractivity contribution >= 4 is 5.91 Å². The zero-order chi connectivity index (χ0) is 9.68. The van der Waals surface area contributed by atoms with Gasteiger partial charge >= 0.3 is 0 Å². The molecule has 0 saturated heterocycles. The molecule has 1 aromatic rings. The second-order valence-corrected chi connectivity index (χ2v) is 2.44. The van der Waals surface area contributed by atoms with Crippen molar-refractivity contribution in [2.24, 2.45) is 5.90 Å². The fourth-order valence-corrected chi connectivity index (χ4v) is 0.913. The lowest BCUT2D eigenvalue weighted by Crippen LogP contribution is -2.19. The fourth-order valence-electron chi connectivity index (χ4n) is 0.913. The normalized spacial score (nSPS) is 9.69. The number of nitrogens with two attached hydrogens (primary N) is 1. The van der Waals surface area contributed by atoms with Crippen LogP contribution in [0, 0.1) is 0 Å². The summed E-state index contributed by atoms with van der Waals surface area (Å²) in [6.07, 6.45) is 1.54. The van der Waals surface area contributed by atoms with E-state index in [1.165, 1.54) is 0 Å². The first-order valence-corrected chi connectivity index (χ1v) is 3.76. The van der Waals surface area contributed by atoms with Crippen molar-refractivity contribution in [2.75, 3.05) is 7.05 Å². The third-order valence-corrected chi connectivity index (χ3v) is 1.53. The molecular formula is C8H11N3O2. The molecule has 0 aromatic carbocycles. The molecule has 0 spiro atoms. The maximum absolute atomic E-state index is 11.1. The Morgan fingerprint density at radius 2 is 2.54 bits per heavy atom. The number of aromatic nitrogens is 1. The van der Waals surface area contributed by atoms with Gasteiger partial charge in [0.05, 0.1) is 6.61 Å². The SMILES string of the molecule is CNC(=O)c1cc(CON)ccn1. The quantitative estimate of drug-likeness (QED) is 0.635. The maximum atomic E-state index is 11.1. The van der Waals surface area contributed by atoms with Crippen molar-refractivity contribution in [3.05, 3.63) is 29.6 Å². The molecule has 5 nitrogen and oxygen atoms in total. The van der Waals surface area contributed by atoms with Crippen LogP contribution < -0.4 is 11.2 Å². The number of carbonyl (C=O) groups is 1. The van der Waals surface area contributed by atoms with Crippen LogP contribution in [0.3, 0.4) is 0 Å². The molecule has 0 aliphatic carbocycles. The van der Waals surface area contributed by atoms with Gasteiger partial charge in [-0.05, 0) is 17.7 Å². The predicted octanol–water partition coefficient (Wildman–Crippen LogP) is -0.169. The summed E-state index contributed by atoms with van der Waals surface area (Å²) in [6, 6.07) is 3.37. The van der Waals surface area contributed by atoms with E-state index in [2.05, 4.69) is 15.1 Å². The Bertz CT molecular complexity index is 301. The van der Waals surface area contributed by atoms with Gasteiger partial charge in [-0.1, -0.05) is 0 Å². The summed E-state index contributed by atoms with van der Waals surface area (Å²) >= 11 is 0. The highest BCUT2D eigenvalue weighted by atomic mass is 16.6. The Labute approximate surface area is 75.9 Å². The van der Waals surface area contributed by atoms with Gasteiger partial charge in [-0.3, -0.25) is 14.6 Å². The fraction of sp³-hybridized carbons (Fsp3) is 0.250. The molecule has 0 atom stereocenters. The van der Waals surface area contributed by atoms with Gasteiger partial charge in [0, 0.05) is 13.2 Å². The smallest absolute Gasteiger partial charge is 0.269 e. The van der Waals surface area contributed by atoms with E-state index in [4.69, 9.17) is 5.90 Å². The summed E-state index contributed by atoms with van der Waals surface area (Å²) in [5, 5.41) is 2.48. The number of nitrogens with zero attached hydrogens (tertiary/aromatic N) is 1. The molecule has 0 aliphatic heterocycles. The van der Waals surface area contributed by atoms with Crippen molar-refractivity contribution < 1.29 is 9.63 Å². The Morgan fingerprint density at radius 3 is 3.15 bits per heavy atom. The third-order valence-electron chi connectivity index (χ3n) is 1.53. The zero-order valence-electron chi connectivity index (χ0n) is 7.28. The van der Waals surface area contributed by atoms with Gasteiger partial charge in [-0.15, -0.1) is 0 Å². The Hall–Kier alpha value is -1.46. The molecule has 0 unspecified atom stereocenters. The summed E-state index contributed by atoms with van der Waals surface area (Å²) < 4.78 is 0. The van der Waals surface area contributed by atoms with Crippen LogP contribution in [0.5, 0.6) is 0 Å². The summed E-state index contributed by atoms with van der Waals surface area (Å²) in [4.78, 5) is 19.4. The van der Waals surface area contributed by atoms with Crippen molar-refractivity contribution in [1.82, 2.24) is 10.3 Å². The van der Waals surface area contributed by atoms with Gasteiger partial charge in [0.25, 0.3) is 5.91 Å². The van der Waals surface area contributed by atoms with Gasteiger partial charge in [0.15, 0.2) is 0 Å². The maximum Gasteiger partial charge on any atom is 0.269 e. The van der Waals surface area contributed by atoms with E-state index in [0.717, 1.165) is 5.56 Å². The number of hydrogen-bond acceptors (Lipinski definition) is 4. The van der Waals surface area contributed by atoms with Crippen LogP contribution in [0.15, 0.2) is 18.3 Å². The lowest BCUT2D eigenvalue weighted by Gasteiger charge is -2.01. The van der Waals surface area contributed by atoms with E-state index in [-0.39, 0.29) is 12.5 Å². The van der Waals surface area contributed by atoms with Gasteiger partial charge in [0.1, 0.15) is 5.69 Å². The molecule has 0 saturated carbocycles. The van der Waals surface area contributed by atoms with E-state index in [1.807, 2.05) is 0 Å². The summed E-state index contributed by atoms with van der Waals surface area (Å²) in [7, 11) is 1.55. The highest BCUT2D eigenvalue weighted by Gasteiger charge is 2.04. The number of nitrogens with one attached hydrogen (secondary N) is 1. The third kappa shape index (κ3) is 2.50. The molecule has 5 heteroatoms. The lowest BCUT2D eigenvalue weighted by molar-refractivity contribution is 0.0957. The molecule has 1 amide bonds. The van der Waals surface area contributed by atoms with Gasteiger partial charge in [-0.25, -0.2) is 5.90 Å². The van der Waals surface area contributed by atoms with Gasteiger partial charge in [0.2, 0.25) is 0 Å². The minimum Gasteiger partial charge on any atom is -0.354 e. The van der Waals surface area contributed by atoms with Crippen LogP contribution in [0.1, 0.15) is 16.1 Å². The molecule has 3 N–H and O–H groups in total. The Morgan fingerprint density at radius 1 is 1.77 bits per heavy atom. The van der Waals surface area contributed by atoms with Gasteiger partial charge < -0.3 is 5.32 Å². The number of pyridine rings is 1. The van der Waals surface area contributed by atoms with Crippen LogP contribution in [0.2, 0.25) is 0 Å². The summed E-state index contributed by atoms with van der Waals surface area (Å²) in [6.45, 7) is 0.270. The van der Waals surface area contributed by atoms with E-state index < -0.39 is 0 Å². The first-order chi connectivity index (χ1) is 6.27. The number of rotatable bonds is 3. The lowest BCUT2D eigenvalue weighted by atomic mass is 10.2. The number of carbonyl (C=O) groups excluding carboxylic acids is 1. The Kier molecular flexibility index (Phi) is 3.36. The number of hydrogen-bond donors (Lipinski definition) is 2. The minimum atomic E-state index is -0.223. The molecule has 13 heavy (non-hydrogen) atoms. The number of amides is 1. The molecule has 0 bridgehead atoms.